The van der Waals surface area contributed by atoms with Crippen LogP contribution in [0.4, 0.5) is 0 Å². The highest BCUT2D eigenvalue weighted by Crippen LogP contribution is 2.61. The Morgan fingerprint density at radius 1 is 0.443 bits per heavy atom. The number of nitrogens with zero attached hydrogens (tertiary/aromatic N) is 2. The first-order valence-electron chi connectivity index (χ1n) is 21.5. The Hall–Kier alpha value is -7.62. The second-order valence-corrected chi connectivity index (χ2v) is 17.1. The molecule has 0 saturated carbocycles. The van der Waals surface area contributed by atoms with Crippen molar-refractivity contribution in [1.29, 1.82) is 0 Å². The Bertz CT molecular complexity index is 3650. The lowest BCUT2D eigenvalue weighted by molar-refractivity contribution is 0.434. The maximum Gasteiger partial charge on any atom is 0.132 e. The standard InChI is InChI=1S/C58H38N2O/c1-2-15-38(16-3-1)59-51-25-10-7-20-43(51)46-33-36(30-32-53(46)59)39-31-29-37-34-50-56(35-45(37)41-18-5-4-17-40(39)41)61-55-28-13-9-23-48(55)58(50)47-22-8-12-27-54(47)60-52-26-11-6-19-42(52)44-21-14-24-49(58)57(44)60/h1-28,30,32-35,39H,29,31H2. The topological polar surface area (TPSA) is 19.1 Å². The van der Waals surface area contributed by atoms with Gasteiger partial charge in [0.05, 0.1) is 33.2 Å². The van der Waals surface area contributed by atoms with Crippen LogP contribution < -0.4 is 4.74 Å². The number of benzene rings is 9. The van der Waals surface area contributed by atoms with Gasteiger partial charge in [-0.2, -0.15) is 0 Å². The number of para-hydroxylation sites is 6. The van der Waals surface area contributed by atoms with E-state index >= 15 is 0 Å². The maximum absolute atomic E-state index is 7.11. The van der Waals surface area contributed by atoms with Crippen LogP contribution >= 0.6 is 0 Å². The van der Waals surface area contributed by atoms with Gasteiger partial charge < -0.3 is 13.9 Å². The van der Waals surface area contributed by atoms with E-state index in [9.17, 15) is 0 Å². The molecule has 2 aliphatic heterocycles. The third-order valence-electron chi connectivity index (χ3n) is 14.2. The van der Waals surface area contributed by atoms with E-state index < -0.39 is 5.41 Å². The third kappa shape index (κ3) is 4.32. The van der Waals surface area contributed by atoms with E-state index in [2.05, 4.69) is 209 Å². The number of ether oxygens (including phenoxy) is 1. The Morgan fingerprint density at radius 3 is 2.00 bits per heavy atom. The van der Waals surface area contributed by atoms with Gasteiger partial charge in [0.25, 0.3) is 0 Å². The summed E-state index contributed by atoms with van der Waals surface area (Å²) in [4.78, 5) is 0. The molecule has 0 N–H and O–H groups in total. The first kappa shape index (κ1) is 33.2. The minimum absolute atomic E-state index is 0.218. The highest BCUT2D eigenvalue weighted by Gasteiger charge is 2.50. The van der Waals surface area contributed by atoms with Gasteiger partial charge in [0, 0.05) is 44.3 Å². The van der Waals surface area contributed by atoms with E-state index in [0.717, 1.165) is 24.3 Å². The van der Waals surface area contributed by atoms with Gasteiger partial charge in [-0.25, -0.2) is 0 Å². The molecule has 2 aromatic heterocycles. The molecule has 0 radical (unpaired) electrons. The van der Waals surface area contributed by atoms with Crippen molar-refractivity contribution < 1.29 is 4.74 Å². The molecule has 1 aliphatic carbocycles. The molecule has 3 heteroatoms. The van der Waals surface area contributed by atoms with Crippen molar-refractivity contribution in [2.45, 2.75) is 24.2 Å². The Kier molecular flexibility index (Phi) is 6.66. The molecule has 3 nitrogen and oxygen atoms in total. The first-order valence-corrected chi connectivity index (χ1v) is 21.5. The molecule has 3 aliphatic rings. The molecule has 0 saturated heterocycles. The molecule has 1 spiro atoms. The van der Waals surface area contributed by atoms with Gasteiger partial charge in [-0.05, 0) is 112 Å². The SMILES string of the molecule is c1ccc(-n2c3ccccc3c3cc(C4CCc5cc6c(cc5-c5ccccc54)Oc4ccccc4C64c5ccccc5-n5c6ccccc6c6cccc4c65)ccc32)cc1. The van der Waals surface area contributed by atoms with Gasteiger partial charge in [0.1, 0.15) is 11.5 Å². The molecular formula is C58H38N2O. The second kappa shape index (κ2) is 12.2. The van der Waals surface area contributed by atoms with Crippen LogP contribution in [-0.4, -0.2) is 9.13 Å². The third-order valence-corrected chi connectivity index (χ3v) is 14.2. The van der Waals surface area contributed by atoms with Crippen LogP contribution in [0.2, 0.25) is 0 Å². The van der Waals surface area contributed by atoms with Crippen molar-refractivity contribution in [2.24, 2.45) is 0 Å². The average Bonchev–Trinajstić information content (AvgIpc) is 3.78. The highest BCUT2D eigenvalue weighted by molar-refractivity contribution is 6.12. The molecular weight excluding hydrogens is 741 g/mol. The van der Waals surface area contributed by atoms with Crippen LogP contribution in [-0.2, 0) is 11.8 Å². The number of hydrogen-bond acceptors (Lipinski definition) is 1. The number of aryl methyl sites for hydroxylation is 1. The summed E-state index contributed by atoms with van der Waals surface area (Å²) in [6.45, 7) is 0. The van der Waals surface area contributed by atoms with E-state index in [1.807, 2.05) is 0 Å². The van der Waals surface area contributed by atoms with Crippen LogP contribution in [0.5, 0.6) is 11.5 Å². The summed E-state index contributed by atoms with van der Waals surface area (Å²) in [7, 11) is 0. The fourth-order valence-corrected chi connectivity index (χ4v) is 11.8. The lowest BCUT2D eigenvalue weighted by Crippen LogP contribution is -2.38. The van der Waals surface area contributed by atoms with E-state index in [0.29, 0.717) is 0 Å². The molecule has 9 aromatic carbocycles. The lowest BCUT2D eigenvalue weighted by Gasteiger charge is -2.45. The Balaban J connectivity index is 0.993. The highest BCUT2D eigenvalue weighted by atomic mass is 16.5. The van der Waals surface area contributed by atoms with Gasteiger partial charge in [0.15, 0.2) is 0 Å². The maximum atomic E-state index is 7.11. The van der Waals surface area contributed by atoms with Crippen molar-refractivity contribution in [1.82, 2.24) is 9.13 Å². The molecule has 0 bridgehead atoms. The normalized spacial score (nSPS) is 17.1. The van der Waals surface area contributed by atoms with Gasteiger partial charge in [0.2, 0.25) is 0 Å². The predicted octanol–water partition coefficient (Wildman–Crippen LogP) is 14.4. The minimum atomic E-state index is -0.594. The molecule has 14 rings (SSSR count). The van der Waals surface area contributed by atoms with Crippen molar-refractivity contribution in [3.63, 3.8) is 0 Å². The molecule has 11 aromatic rings. The molecule has 2 atom stereocenters. The summed E-state index contributed by atoms with van der Waals surface area (Å²) < 4.78 is 12.0. The monoisotopic (exact) mass is 778 g/mol. The molecule has 0 fully saturated rings. The molecule has 286 valence electrons. The summed E-state index contributed by atoms with van der Waals surface area (Å²) >= 11 is 0. The minimum Gasteiger partial charge on any atom is -0.457 e. The Morgan fingerprint density at radius 2 is 1.11 bits per heavy atom. The number of fused-ring (bicyclic) bond motifs is 17. The predicted molar refractivity (Wildman–Crippen MR) is 249 cm³/mol. The van der Waals surface area contributed by atoms with Crippen molar-refractivity contribution in [3.05, 3.63) is 239 Å². The van der Waals surface area contributed by atoms with Gasteiger partial charge in [-0.15, -0.1) is 0 Å². The molecule has 2 unspecified atom stereocenters. The number of aromatic nitrogens is 2. The van der Waals surface area contributed by atoms with Gasteiger partial charge >= 0.3 is 0 Å². The van der Waals surface area contributed by atoms with E-state index in [4.69, 9.17) is 4.74 Å². The average molecular weight is 779 g/mol. The summed E-state index contributed by atoms with van der Waals surface area (Å²) in [5.74, 6) is 2.06. The largest absolute Gasteiger partial charge is 0.457 e. The van der Waals surface area contributed by atoms with Crippen molar-refractivity contribution >= 4 is 43.6 Å². The summed E-state index contributed by atoms with van der Waals surface area (Å²) in [6.07, 6.45) is 1.94. The van der Waals surface area contributed by atoms with E-state index in [-0.39, 0.29) is 5.92 Å². The molecule has 4 heterocycles. The zero-order valence-electron chi connectivity index (χ0n) is 33.3. The Labute approximate surface area is 353 Å². The van der Waals surface area contributed by atoms with Crippen LogP contribution in [0, 0.1) is 0 Å². The zero-order valence-corrected chi connectivity index (χ0v) is 33.3. The molecule has 61 heavy (non-hydrogen) atoms. The number of rotatable bonds is 2. The van der Waals surface area contributed by atoms with Crippen molar-refractivity contribution in [2.75, 3.05) is 0 Å². The van der Waals surface area contributed by atoms with Gasteiger partial charge in [-0.3, -0.25) is 0 Å². The smallest absolute Gasteiger partial charge is 0.132 e. The van der Waals surface area contributed by atoms with Crippen LogP contribution in [0.25, 0.3) is 66.1 Å². The summed E-state index contributed by atoms with van der Waals surface area (Å²) in [6, 6.07) is 74.5. The summed E-state index contributed by atoms with van der Waals surface area (Å²) in [5, 5.41) is 5.13. The zero-order chi connectivity index (χ0) is 39.8. The van der Waals surface area contributed by atoms with Crippen LogP contribution in [0.3, 0.4) is 0 Å². The summed E-state index contributed by atoms with van der Waals surface area (Å²) in [5.41, 5.74) is 18.4. The second-order valence-electron chi connectivity index (χ2n) is 17.1. The number of hydrogen-bond donors (Lipinski definition) is 0. The lowest BCUT2D eigenvalue weighted by atomic mass is 9.61. The van der Waals surface area contributed by atoms with E-state index in [1.165, 1.54) is 105 Å². The fourth-order valence-electron chi connectivity index (χ4n) is 11.8. The van der Waals surface area contributed by atoms with Crippen LogP contribution in [0.15, 0.2) is 200 Å². The molecule has 0 amide bonds. The van der Waals surface area contributed by atoms with Crippen molar-refractivity contribution in [3.8, 4) is 34.0 Å². The fraction of sp³-hybridized carbons (Fsp3) is 0.0690. The first-order chi connectivity index (χ1) is 30.3. The quantitative estimate of drug-likeness (QED) is 0.171. The van der Waals surface area contributed by atoms with Crippen LogP contribution in [0.1, 0.15) is 51.3 Å². The van der Waals surface area contributed by atoms with Gasteiger partial charge in [-0.1, -0.05) is 140 Å². The van der Waals surface area contributed by atoms with E-state index in [1.54, 1.807) is 0 Å².